The van der Waals surface area contributed by atoms with Crippen LogP contribution in [-0.2, 0) is 17.7 Å². The molecule has 1 unspecified atom stereocenters. The molecule has 3 heterocycles. The van der Waals surface area contributed by atoms with Gasteiger partial charge in [-0.05, 0) is 46.3 Å². The van der Waals surface area contributed by atoms with Gasteiger partial charge in [-0.3, -0.25) is 0 Å². The number of carbonyl (C=O) groups is 1. The van der Waals surface area contributed by atoms with E-state index in [2.05, 4.69) is 9.74 Å². The Bertz CT molecular complexity index is 771. The Hall–Kier alpha value is -2.01. The molecule has 7 nitrogen and oxygen atoms in total. The fraction of sp³-hybridized carbons (Fsp3) is 0.700. The minimum atomic E-state index is -0.510. The third-order valence-electron chi connectivity index (χ3n) is 5.03. The van der Waals surface area contributed by atoms with Crippen molar-refractivity contribution in [1.82, 2.24) is 14.9 Å². The number of nitrogens with zero attached hydrogens (tertiary/aromatic N) is 5. The maximum absolute atomic E-state index is 12.5. The first-order chi connectivity index (χ1) is 13.3. The third kappa shape index (κ3) is 4.88. The number of aromatic nitrogens is 2. The molecule has 1 aromatic heterocycles. The number of fused-ring (bicyclic) bond motifs is 1. The summed E-state index contributed by atoms with van der Waals surface area (Å²) >= 11 is 1.52. The van der Waals surface area contributed by atoms with E-state index in [1.807, 2.05) is 27.0 Å². The molecule has 0 aliphatic carbocycles. The Kier molecular flexibility index (Phi) is 6.33. The second-order valence-corrected chi connectivity index (χ2v) is 9.18. The van der Waals surface area contributed by atoms with Gasteiger partial charge in [0.25, 0.3) is 0 Å². The van der Waals surface area contributed by atoms with Crippen molar-refractivity contribution >= 4 is 23.7 Å². The van der Waals surface area contributed by atoms with Crippen molar-refractivity contribution in [2.24, 2.45) is 5.92 Å². The molecule has 0 N–H and O–H groups in total. The van der Waals surface area contributed by atoms with E-state index in [0.717, 1.165) is 54.6 Å². The lowest BCUT2D eigenvalue weighted by molar-refractivity contribution is 0.0220. The van der Waals surface area contributed by atoms with Crippen molar-refractivity contribution in [3.8, 4) is 0 Å². The Balaban J connectivity index is 1.84. The Labute approximate surface area is 171 Å². The van der Waals surface area contributed by atoms with Gasteiger partial charge in [0.1, 0.15) is 11.4 Å². The van der Waals surface area contributed by atoms with Gasteiger partial charge in [0, 0.05) is 31.1 Å². The molecule has 2 aliphatic heterocycles. The molecule has 8 heteroatoms. The second-order valence-electron chi connectivity index (χ2n) is 8.41. The van der Waals surface area contributed by atoms with E-state index < -0.39 is 5.60 Å². The van der Waals surface area contributed by atoms with Crippen molar-refractivity contribution in [2.75, 3.05) is 37.3 Å². The molecule has 1 fully saturated rings. The molecule has 1 saturated heterocycles. The zero-order chi connectivity index (χ0) is 20.3. The summed E-state index contributed by atoms with van der Waals surface area (Å²) in [6, 6.07) is 0. The number of amides is 1. The molecule has 1 aromatic rings. The first-order valence-corrected chi connectivity index (χ1v) is 11.0. The van der Waals surface area contributed by atoms with Crippen LogP contribution in [0.2, 0.25) is 0 Å². The highest BCUT2D eigenvalue weighted by molar-refractivity contribution is 7.98. The predicted molar refractivity (Wildman–Crippen MR) is 111 cm³/mol. The monoisotopic (exact) mass is 403 g/mol. The van der Waals surface area contributed by atoms with Crippen molar-refractivity contribution in [3.05, 3.63) is 22.7 Å². The lowest BCUT2D eigenvalue weighted by atomic mass is 9.97. The largest absolute Gasteiger partial charge is 0.444 e. The highest BCUT2D eigenvalue weighted by Crippen LogP contribution is 2.32. The number of carbonyl (C=O) groups excluding carboxylic acids is 1. The SMILES string of the molecule is [C-]#[N+]CC1CCCN(c2nc(SC)nc3c2CCN(C(=O)OC(C)(C)C)C3)C1. The molecule has 28 heavy (non-hydrogen) atoms. The Morgan fingerprint density at radius 2 is 2.14 bits per heavy atom. The summed E-state index contributed by atoms with van der Waals surface area (Å²) in [6.45, 7) is 16.3. The van der Waals surface area contributed by atoms with Crippen molar-refractivity contribution < 1.29 is 9.53 Å². The van der Waals surface area contributed by atoms with Gasteiger partial charge in [-0.15, -0.1) is 0 Å². The summed E-state index contributed by atoms with van der Waals surface area (Å²) in [4.78, 5) is 29.7. The van der Waals surface area contributed by atoms with Gasteiger partial charge in [-0.2, -0.15) is 0 Å². The molecule has 1 atom stereocenters. The fourth-order valence-electron chi connectivity index (χ4n) is 3.76. The third-order valence-corrected chi connectivity index (χ3v) is 5.57. The first kappa shape index (κ1) is 20.7. The average molecular weight is 404 g/mol. The van der Waals surface area contributed by atoms with Crippen LogP contribution >= 0.6 is 11.8 Å². The Morgan fingerprint density at radius 3 is 2.82 bits per heavy atom. The minimum absolute atomic E-state index is 0.292. The van der Waals surface area contributed by atoms with E-state index in [9.17, 15) is 4.79 Å². The molecule has 0 spiro atoms. The molecule has 0 bridgehead atoms. The molecule has 0 saturated carbocycles. The summed E-state index contributed by atoms with van der Waals surface area (Å²) < 4.78 is 5.54. The molecule has 3 rings (SSSR count). The molecular formula is C20H29N5O2S. The van der Waals surface area contributed by atoms with Crippen molar-refractivity contribution in [3.63, 3.8) is 0 Å². The molecule has 0 radical (unpaired) electrons. The molecular weight excluding hydrogens is 374 g/mol. The second kappa shape index (κ2) is 8.56. The predicted octanol–water partition coefficient (Wildman–Crippen LogP) is 3.63. The van der Waals surface area contributed by atoms with E-state index in [-0.39, 0.29) is 6.09 Å². The molecule has 0 aromatic carbocycles. The highest BCUT2D eigenvalue weighted by atomic mass is 32.2. The summed E-state index contributed by atoms with van der Waals surface area (Å²) in [5.74, 6) is 1.39. The van der Waals surface area contributed by atoms with Gasteiger partial charge < -0.3 is 19.4 Å². The number of rotatable bonds is 3. The average Bonchev–Trinajstić information content (AvgIpc) is 2.65. The van der Waals surface area contributed by atoms with Gasteiger partial charge in [0.2, 0.25) is 6.54 Å². The minimum Gasteiger partial charge on any atom is -0.444 e. The van der Waals surface area contributed by atoms with E-state index in [1.165, 1.54) is 11.8 Å². The maximum atomic E-state index is 12.5. The van der Waals surface area contributed by atoms with Crippen LogP contribution in [0.3, 0.4) is 0 Å². The number of thioether (sulfide) groups is 1. The number of piperidine rings is 1. The highest BCUT2D eigenvalue weighted by Gasteiger charge is 2.31. The van der Waals surface area contributed by atoms with Gasteiger partial charge in [0.05, 0.1) is 12.2 Å². The summed E-state index contributed by atoms with van der Waals surface area (Å²) in [5, 5.41) is 0.729. The quantitative estimate of drug-likeness (QED) is 0.436. The number of hydrogen-bond donors (Lipinski definition) is 0. The van der Waals surface area contributed by atoms with Gasteiger partial charge in [-0.1, -0.05) is 11.8 Å². The standard InChI is InChI=1S/C20H29N5O2S/c1-20(2,3)27-19(26)25-10-8-15-16(13-25)22-18(28-5)23-17(15)24-9-6-7-14(12-24)11-21-4/h14H,6-13H2,1-3,5H3. The van der Waals surface area contributed by atoms with Gasteiger partial charge in [-0.25, -0.2) is 21.3 Å². The summed E-state index contributed by atoms with van der Waals surface area (Å²) in [5.41, 5.74) is 1.55. The zero-order valence-electron chi connectivity index (χ0n) is 17.2. The van der Waals surface area contributed by atoms with Gasteiger partial charge in [0.15, 0.2) is 5.16 Å². The molecule has 152 valence electrons. The van der Waals surface area contributed by atoms with E-state index >= 15 is 0 Å². The number of ether oxygens (including phenoxy) is 1. The van der Waals surface area contributed by atoms with Crippen LogP contribution in [0.15, 0.2) is 5.16 Å². The number of hydrogen-bond acceptors (Lipinski definition) is 6. The van der Waals surface area contributed by atoms with E-state index in [4.69, 9.17) is 21.3 Å². The van der Waals surface area contributed by atoms with E-state index in [0.29, 0.717) is 25.6 Å². The van der Waals surface area contributed by atoms with Crippen LogP contribution in [0.5, 0.6) is 0 Å². The summed E-state index contributed by atoms with van der Waals surface area (Å²) in [7, 11) is 0. The molecule has 2 aliphatic rings. The zero-order valence-corrected chi connectivity index (χ0v) is 18.0. The Morgan fingerprint density at radius 1 is 1.36 bits per heavy atom. The van der Waals surface area contributed by atoms with Gasteiger partial charge >= 0.3 is 6.09 Å². The topological polar surface area (TPSA) is 62.9 Å². The molecule has 1 amide bonds. The lowest BCUT2D eigenvalue weighted by Crippen LogP contribution is -2.42. The van der Waals surface area contributed by atoms with Crippen LogP contribution in [-0.4, -0.2) is 59.0 Å². The van der Waals surface area contributed by atoms with Crippen molar-refractivity contribution in [2.45, 2.75) is 57.3 Å². The maximum Gasteiger partial charge on any atom is 0.410 e. The van der Waals surface area contributed by atoms with Crippen LogP contribution in [0.4, 0.5) is 10.6 Å². The smallest absolute Gasteiger partial charge is 0.410 e. The first-order valence-electron chi connectivity index (χ1n) is 9.80. The fourth-order valence-corrected chi connectivity index (χ4v) is 4.14. The van der Waals surface area contributed by atoms with Crippen LogP contribution < -0.4 is 4.90 Å². The van der Waals surface area contributed by atoms with Crippen LogP contribution in [0, 0.1) is 12.5 Å². The number of anilines is 1. The van der Waals surface area contributed by atoms with Crippen molar-refractivity contribution in [1.29, 1.82) is 0 Å². The summed E-state index contributed by atoms with van der Waals surface area (Å²) in [6.07, 6.45) is 4.59. The van der Waals surface area contributed by atoms with Crippen LogP contribution in [0.1, 0.15) is 44.9 Å². The normalized spacial score (nSPS) is 19.8. The van der Waals surface area contributed by atoms with Crippen LogP contribution in [0.25, 0.3) is 4.85 Å². The van der Waals surface area contributed by atoms with E-state index in [1.54, 1.807) is 4.90 Å². The lowest BCUT2D eigenvalue weighted by Gasteiger charge is -2.36.